The Balaban J connectivity index is 2.05. The summed E-state index contributed by atoms with van der Waals surface area (Å²) in [6.07, 6.45) is 3.45. The molecule has 2 rings (SSSR count). The molecule has 21 heavy (non-hydrogen) atoms. The lowest BCUT2D eigenvalue weighted by molar-refractivity contribution is 0.102. The number of amides is 1. The highest BCUT2D eigenvalue weighted by molar-refractivity contribution is 9.10. The first-order valence-electron chi connectivity index (χ1n) is 6.05. The number of halogens is 1. The van der Waals surface area contributed by atoms with Gasteiger partial charge in [-0.05, 0) is 39.7 Å². The summed E-state index contributed by atoms with van der Waals surface area (Å²) in [7, 11) is 0. The van der Waals surface area contributed by atoms with E-state index in [1.165, 1.54) is 6.20 Å². The number of anilines is 1. The van der Waals surface area contributed by atoms with Crippen LogP contribution in [0.4, 0.5) is 5.69 Å². The van der Waals surface area contributed by atoms with Gasteiger partial charge in [-0.1, -0.05) is 17.3 Å². The second kappa shape index (κ2) is 6.85. The lowest BCUT2D eigenvalue weighted by Crippen LogP contribution is -2.15. The van der Waals surface area contributed by atoms with Gasteiger partial charge in [-0.3, -0.25) is 9.78 Å². The van der Waals surface area contributed by atoms with Crippen molar-refractivity contribution in [2.24, 2.45) is 10.9 Å². The van der Waals surface area contributed by atoms with Gasteiger partial charge in [0.15, 0.2) is 0 Å². The molecular formula is C14H13BrN4O2. The fourth-order valence-corrected chi connectivity index (χ4v) is 2.05. The van der Waals surface area contributed by atoms with Crippen molar-refractivity contribution in [3.05, 3.63) is 58.3 Å². The second-order valence-electron chi connectivity index (χ2n) is 4.31. The summed E-state index contributed by atoms with van der Waals surface area (Å²) < 4.78 is 0.740. The van der Waals surface area contributed by atoms with Crippen LogP contribution in [-0.4, -0.2) is 21.9 Å². The molecule has 0 aliphatic heterocycles. The van der Waals surface area contributed by atoms with Crippen molar-refractivity contribution in [3.8, 4) is 0 Å². The average Bonchev–Trinajstić information content (AvgIpc) is 2.49. The molecule has 0 aliphatic carbocycles. The zero-order chi connectivity index (χ0) is 15.2. The highest BCUT2D eigenvalue weighted by Crippen LogP contribution is 2.14. The summed E-state index contributed by atoms with van der Waals surface area (Å²) in [5.41, 5.74) is 7.43. The average molecular weight is 349 g/mol. The van der Waals surface area contributed by atoms with Crippen LogP contribution < -0.4 is 11.1 Å². The number of nitrogens with two attached hydrogens (primary N) is 1. The van der Waals surface area contributed by atoms with Crippen LogP contribution in [0.25, 0.3) is 0 Å². The van der Waals surface area contributed by atoms with Crippen molar-refractivity contribution in [1.29, 1.82) is 0 Å². The fourth-order valence-electron chi connectivity index (χ4n) is 1.69. The molecule has 4 N–H and O–H groups in total. The van der Waals surface area contributed by atoms with Crippen molar-refractivity contribution < 1.29 is 10.0 Å². The van der Waals surface area contributed by atoms with E-state index in [2.05, 4.69) is 31.4 Å². The molecule has 1 aromatic carbocycles. The van der Waals surface area contributed by atoms with E-state index in [-0.39, 0.29) is 11.7 Å². The van der Waals surface area contributed by atoms with Crippen LogP contribution in [0.3, 0.4) is 0 Å². The molecule has 1 amide bonds. The molecule has 0 saturated carbocycles. The van der Waals surface area contributed by atoms with Gasteiger partial charge < -0.3 is 16.3 Å². The van der Waals surface area contributed by atoms with Crippen LogP contribution in [0.5, 0.6) is 0 Å². The number of nitrogens with one attached hydrogen (secondary N) is 1. The summed E-state index contributed by atoms with van der Waals surface area (Å²) >= 11 is 3.27. The molecule has 0 radical (unpaired) electrons. The molecular weight excluding hydrogens is 336 g/mol. The first-order valence-corrected chi connectivity index (χ1v) is 6.85. The van der Waals surface area contributed by atoms with Crippen molar-refractivity contribution in [3.63, 3.8) is 0 Å². The number of nitrogens with zero attached hydrogens (tertiary/aromatic N) is 2. The SMILES string of the molecule is NC(Cc1ccc(NC(=O)c2cncc(Br)c2)cc1)=NO. The first kappa shape index (κ1) is 15.0. The van der Waals surface area contributed by atoms with E-state index in [9.17, 15) is 4.79 Å². The molecule has 0 unspecified atom stereocenters. The number of oxime groups is 1. The molecule has 0 fully saturated rings. The lowest BCUT2D eigenvalue weighted by Gasteiger charge is -2.06. The van der Waals surface area contributed by atoms with Crippen LogP contribution in [0.2, 0.25) is 0 Å². The van der Waals surface area contributed by atoms with Crippen LogP contribution in [0, 0.1) is 0 Å². The number of hydrogen-bond donors (Lipinski definition) is 3. The maximum Gasteiger partial charge on any atom is 0.257 e. The van der Waals surface area contributed by atoms with Crippen molar-refractivity contribution >= 4 is 33.4 Å². The van der Waals surface area contributed by atoms with Gasteiger partial charge in [-0.25, -0.2) is 0 Å². The molecule has 0 atom stereocenters. The predicted octanol–water partition coefficient (Wildman–Crippen LogP) is 2.39. The second-order valence-corrected chi connectivity index (χ2v) is 5.23. The quantitative estimate of drug-likeness (QED) is 0.341. The fraction of sp³-hybridized carbons (Fsp3) is 0.0714. The van der Waals surface area contributed by atoms with E-state index in [1.807, 2.05) is 0 Å². The summed E-state index contributed by atoms with van der Waals surface area (Å²) in [4.78, 5) is 16.0. The number of aromatic nitrogens is 1. The van der Waals surface area contributed by atoms with Crippen LogP contribution in [-0.2, 0) is 6.42 Å². The molecule has 1 heterocycles. The topological polar surface area (TPSA) is 101 Å². The van der Waals surface area contributed by atoms with Crippen LogP contribution in [0.15, 0.2) is 52.4 Å². The zero-order valence-electron chi connectivity index (χ0n) is 11.0. The van der Waals surface area contributed by atoms with Gasteiger partial charge in [0.2, 0.25) is 0 Å². The number of benzene rings is 1. The van der Waals surface area contributed by atoms with E-state index < -0.39 is 0 Å². The molecule has 108 valence electrons. The third kappa shape index (κ3) is 4.28. The highest BCUT2D eigenvalue weighted by Gasteiger charge is 2.07. The molecule has 6 nitrogen and oxygen atoms in total. The molecule has 2 aromatic rings. The molecule has 7 heteroatoms. The number of carbonyl (C=O) groups is 1. The minimum Gasteiger partial charge on any atom is -0.409 e. The minimum absolute atomic E-state index is 0.131. The van der Waals surface area contributed by atoms with Gasteiger partial charge in [0.1, 0.15) is 5.84 Å². The Kier molecular flexibility index (Phi) is 4.89. The van der Waals surface area contributed by atoms with E-state index in [0.717, 1.165) is 10.0 Å². The Morgan fingerprint density at radius 1 is 1.33 bits per heavy atom. The number of amidine groups is 1. The number of pyridine rings is 1. The third-order valence-corrected chi connectivity index (χ3v) is 3.13. The Bertz CT molecular complexity index is 671. The van der Waals surface area contributed by atoms with Crippen LogP contribution in [0.1, 0.15) is 15.9 Å². The van der Waals surface area contributed by atoms with Gasteiger partial charge in [-0.2, -0.15) is 0 Å². The summed E-state index contributed by atoms with van der Waals surface area (Å²) in [6.45, 7) is 0. The van der Waals surface area contributed by atoms with Gasteiger partial charge in [0.05, 0.1) is 5.56 Å². The smallest absolute Gasteiger partial charge is 0.257 e. The molecule has 0 spiro atoms. The Labute approximate surface area is 129 Å². The Morgan fingerprint density at radius 3 is 2.67 bits per heavy atom. The Hall–Kier alpha value is -2.41. The normalized spacial score (nSPS) is 11.2. The standard InChI is InChI=1S/C14H13BrN4O2/c15-11-6-10(7-17-8-11)14(20)18-12-3-1-9(2-4-12)5-13(16)19-21/h1-4,6-8,21H,5H2,(H2,16,19)(H,18,20). The molecule has 0 aliphatic rings. The van der Waals surface area contributed by atoms with E-state index in [1.54, 1.807) is 36.5 Å². The van der Waals surface area contributed by atoms with Gasteiger partial charge >= 0.3 is 0 Å². The monoisotopic (exact) mass is 348 g/mol. The minimum atomic E-state index is -0.243. The van der Waals surface area contributed by atoms with Gasteiger partial charge in [0, 0.05) is 29.0 Å². The van der Waals surface area contributed by atoms with Crippen molar-refractivity contribution in [1.82, 2.24) is 4.98 Å². The highest BCUT2D eigenvalue weighted by atomic mass is 79.9. The summed E-state index contributed by atoms with van der Waals surface area (Å²) in [6, 6.07) is 8.79. The van der Waals surface area contributed by atoms with Gasteiger partial charge in [0.25, 0.3) is 5.91 Å². The van der Waals surface area contributed by atoms with Crippen molar-refractivity contribution in [2.75, 3.05) is 5.32 Å². The summed E-state index contributed by atoms with van der Waals surface area (Å²) in [5, 5.41) is 14.2. The van der Waals surface area contributed by atoms with Crippen LogP contribution >= 0.6 is 15.9 Å². The van der Waals surface area contributed by atoms with E-state index in [0.29, 0.717) is 17.7 Å². The number of rotatable bonds is 4. The molecule has 1 aromatic heterocycles. The van der Waals surface area contributed by atoms with Gasteiger partial charge in [-0.15, -0.1) is 0 Å². The Morgan fingerprint density at radius 2 is 2.05 bits per heavy atom. The zero-order valence-corrected chi connectivity index (χ0v) is 12.5. The van der Waals surface area contributed by atoms with E-state index in [4.69, 9.17) is 10.9 Å². The van der Waals surface area contributed by atoms with Crippen molar-refractivity contribution in [2.45, 2.75) is 6.42 Å². The number of carbonyl (C=O) groups excluding carboxylic acids is 1. The van der Waals surface area contributed by atoms with E-state index >= 15 is 0 Å². The lowest BCUT2D eigenvalue weighted by atomic mass is 10.1. The third-order valence-electron chi connectivity index (χ3n) is 2.69. The maximum atomic E-state index is 12.0. The summed E-state index contributed by atoms with van der Waals surface area (Å²) in [5.74, 6) is -0.111. The predicted molar refractivity (Wildman–Crippen MR) is 83.4 cm³/mol. The molecule has 0 saturated heterocycles. The largest absolute Gasteiger partial charge is 0.409 e. The number of hydrogen-bond acceptors (Lipinski definition) is 4. The maximum absolute atomic E-state index is 12.0. The molecule has 0 bridgehead atoms. The first-order chi connectivity index (χ1) is 10.1.